The number of hydrogen-bond acceptors (Lipinski definition) is 2. The Hall–Kier alpha value is -1.32. The molecular formula is C17H24ClN3. The van der Waals surface area contributed by atoms with Crippen molar-refractivity contribution in [2.45, 2.75) is 46.2 Å². The summed E-state index contributed by atoms with van der Waals surface area (Å²) in [5.41, 5.74) is 3.58. The van der Waals surface area contributed by atoms with Crippen molar-refractivity contribution in [3.63, 3.8) is 0 Å². The van der Waals surface area contributed by atoms with E-state index in [1.807, 2.05) is 25.1 Å². The number of nitrogens with zero attached hydrogens (tertiary/aromatic N) is 2. The summed E-state index contributed by atoms with van der Waals surface area (Å²) in [5.74, 6) is 0. The molecule has 0 fully saturated rings. The lowest BCUT2D eigenvalue weighted by molar-refractivity contribution is 0.475. The van der Waals surface area contributed by atoms with Crippen molar-refractivity contribution in [3.05, 3.63) is 52.3 Å². The third kappa shape index (κ3) is 4.58. The minimum absolute atomic E-state index is 0.365. The molecule has 0 bridgehead atoms. The number of benzene rings is 1. The zero-order valence-corrected chi connectivity index (χ0v) is 13.8. The molecule has 0 aliphatic rings. The quantitative estimate of drug-likeness (QED) is 0.774. The summed E-state index contributed by atoms with van der Waals surface area (Å²) in [6.45, 7) is 8.27. The van der Waals surface area contributed by atoms with Crippen LogP contribution in [-0.4, -0.2) is 16.3 Å². The maximum absolute atomic E-state index is 6.07. The van der Waals surface area contributed by atoms with Crippen LogP contribution in [0.3, 0.4) is 0 Å². The standard InChI is InChI=1S/C17H24ClN3/c1-4-17(15-7-5-8-16(18)12-15)19-9-6-10-21-14(3)11-13(2)20-21/h5,7-8,11-12,17,19H,4,6,9-10H2,1-3H3. The van der Waals surface area contributed by atoms with Gasteiger partial charge in [-0.1, -0.05) is 30.7 Å². The molecule has 4 heteroatoms. The van der Waals surface area contributed by atoms with Gasteiger partial charge >= 0.3 is 0 Å². The minimum atomic E-state index is 0.365. The monoisotopic (exact) mass is 305 g/mol. The van der Waals surface area contributed by atoms with Crippen molar-refractivity contribution in [3.8, 4) is 0 Å². The highest BCUT2D eigenvalue weighted by Crippen LogP contribution is 2.20. The van der Waals surface area contributed by atoms with Gasteiger partial charge in [0.05, 0.1) is 5.69 Å². The summed E-state index contributed by atoms with van der Waals surface area (Å²) in [6.07, 6.45) is 2.12. The van der Waals surface area contributed by atoms with Crippen LogP contribution >= 0.6 is 11.6 Å². The number of nitrogens with one attached hydrogen (secondary N) is 1. The van der Waals surface area contributed by atoms with Gasteiger partial charge in [-0.3, -0.25) is 4.68 Å². The van der Waals surface area contributed by atoms with Crippen LogP contribution in [0.1, 0.15) is 42.8 Å². The summed E-state index contributed by atoms with van der Waals surface area (Å²) in [6, 6.07) is 10.6. The highest BCUT2D eigenvalue weighted by atomic mass is 35.5. The Morgan fingerprint density at radius 1 is 1.29 bits per heavy atom. The molecule has 114 valence electrons. The van der Waals surface area contributed by atoms with Gasteiger partial charge in [0.1, 0.15) is 0 Å². The molecule has 2 aromatic rings. The van der Waals surface area contributed by atoms with Gasteiger partial charge in [-0.15, -0.1) is 0 Å². The van der Waals surface area contributed by atoms with E-state index in [-0.39, 0.29) is 0 Å². The molecule has 0 aliphatic heterocycles. The number of hydrogen-bond donors (Lipinski definition) is 1. The molecule has 1 heterocycles. The van der Waals surface area contributed by atoms with Crippen molar-refractivity contribution >= 4 is 11.6 Å². The van der Waals surface area contributed by atoms with Crippen molar-refractivity contribution in [2.75, 3.05) is 6.54 Å². The van der Waals surface area contributed by atoms with Crippen LogP contribution in [0.4, 0.5) is 0 Å². The van der Waals surface area contributed by atoms with E-state index in [0.717, 1.165) is 36.6 Å². The molecule has 21 heavy (non-hydrogen) atoms. The Labute approximate surface area is 132 Å². The third-order valence-electron chi connectivity index (χ3n) is 3.70. The van der Waals surface area contributed by atoms with Gasteiger partial charge in [-0.05, 0) is 57.0 Å². The van der Waals surface area contributed by atoms with Gasteiger partial charge in [0.15, 0.2) is 0 Å². The highest BCUT2D eigenvalue weighted by Gasteiger charge is 2.08. The molecule has 0 amide bonds. The Morgan fingerprint density at radius 3 is 2.71 bits per heavy atom. The number of halogens is 1. The first-order valence-corrected chi connectivity index (χ1v) is 7.98. The van der Waals surface area contributed by atoms with Crippen molar-refractivity contribution < 1.29 is 0 Å². The molecule has 0 spiro atoms. The average Bonchev–Trinajstić information content (AvgIpc) is 2.77. The number of aryl methyl sites for hydroxylation is 3. The lowest BCUT2D eigenvalue weighted by atomic mass is 10.0. The largest absolute Gasteiger partial charge is 0.310 e. The lowest BCUT2D eigenvalue weighted by Crippen LogP contribution is -2.23. The summed E-state index contributed by atoms with van der Waals surface area (Å²) in [7, 11) is 0. The molecule has 0 saturated heterocycles. The van der Waals surface area contributed by atoms with Gasteiger partial charge in [0, 0.05) is 23.3 Å². The van der Waals surface area contributed by atoms with Crippen LogP contribution in [0.25, 0.3) is 0 Å². The summed E-state index contributed by atoms with van der Waals surface area (Å²) in [5, 5.41) is 8.90. The highest BCUT2D eigenvalue weighted by molar-refractivity contribution is 6.30. The van der Waals surface area contributed by atoms with Crippen LogP contribution in [0.5, 0.6) is 0 Å². The Bertz CT molecular complexity index is 577. The van der Waals surface area contributed by atoms with Gasteiger partial charge in [0.2, 0.25) is 0 Å². The molecular weight excluding hydrogens is 282 g/mol. The first kappa shape index (κ1) is 16.1. The maximum Gasteiger partial charge on any atom is 0.0596 e. The topological polar surface area (TPSA) is 29.9 Å². The van der Waals surface area contributed by atoms with E-state index in [0.29, 0.717) is 6.04 Å². The Morgan fingerprint density at radius 2 is 2.10 bits per heavy atom. The van der Waals surface area contributed by atoms with Crippen molar-refractivity contribution in [1.82, 2.24) is 15.1 Å². The summed E-state index contributed by atoms with van der Waals surface area (Å²) >= 11 is 6.07. The van der Waals surface area contributed by atoms with E-state index in [4.69, 9.17) is 11.6 Å². The van der Waals surface area contributed by atoms with Gasteiger partial charge in [-0.2, -0.15) is 5.10 Å². The molecule has 1 N–H and O–H groups in total. The maximum atomic E-state index is 6.07. The van der Waals surface area contributed by atoms with E-state index in [1.54, 1.807) is 0 Å². The normalized spacial score (nSPS) is 12.6. The fourth-order valence-electron chi connectivity index (χ4n) is 2.63. The van der Waals surface area contributed by atoms with E-state index >= 15 is 0 Å². The molecule has 3 nitrogen and oxygen atoms in total. The molecule has 1 aromatic carbocycles. The van der Waals surface area contributed by atoms with Crippen LogP contribution in [0.15, 0.2) is 30.3 Å². The first-order valence-electron chi connectivity index (χ1n) is 7.60. The molecule has 0 saturated carbocycles. The van der Waals surface area contributed by atoms with Crippen LogP contribution in [0.2, 0.25) is 5.02 Å². The van der Waals surface area contributed by atoms with Crippen molar-refractivity contribution in [2.24, 2.45) is 0 Å². The average molecular weight is 306 g/mol. The Kier molecular flexibility index (Phi) is 5.83. The lowest BCUT2D eigenvalue weighted by Gasteiger charge is -2.18. The first-order chi connectivity index (χ1) is 10.1. The molecule has 1 atom stereocenters. The molecule has 0 aliphatic carbocycles. The van der Waals surface area contributed by atoms with E-state index in [2.05, 4.69) is 41.1 Å². The predicted molar refractivity (Wildman–Crippen MR) is 88.8 cm³/mol. The molecule has 0 radical (unpaired) electrons. The zero-order valence-electron chi connectivity index (χ0n) is 13.1. The smallest absolute Gasteiger partial charge is 0.0596 e. The van der Waals surface area contributed by atoms with Gasteiger partial charge < -0.3 is 5.32 Å². The minimum Gasteiger partial charge on any atom is -0.310 e. The van der Waals surface area contributed by atoms with Crippen molar-refractivity contribution in [1.29, 1.82) is 0 Å². The van der Waals surface area contributed by atoms with E-state index in [1.165, 1.54) is 11.3 Å². The molecule has 1 unspecified atom stereocenters. The molecule has 1 aromatic heterocycles. The second-order valence-corrected chi connectivity index (χ2v) is 5.91. The number of rotatable bonds is 7. The fraction of sp³-hybridized carbons (Fsp3) is 0.471. The fourth-order valence-corrected chi connectivity index (χ4v) is 2.83. The number of aromatic nitrogens is 2. The molecule has 2 rings (SSSR count). The van der Waals surface area contributed by atoms with Crippen LogP contribution < -0.4 is 5.32 Å². The summed E-state index contributed by atoms with van der Waals surface area (Å²) in [4.78, 5) is 0. The third-order valence-corrected chi connectivity index (χ3v) is 3.94. The summed E-state index contributed by atoms with van der Waals surface area (Å²) < 4.78 is 2.08. The Balaban J connectivity index is 1.82. The van der Waals surface area contributed by atoms with Crippen LogP contribution in [0, 0.1) is 13.8 Å². The van der Waals surface area contributed by atoms with Gasteiger partial charge in [0.25, 0.3) is 0 Å². The predicted octanol–water partition coefficient (Wildman–Crippen LogP) is 4.28. The second-order valence-electron chi connectivity index (χ2n) is 5.47. The van der Waals surface area contributed by atoms with E-state index < -0.39 is 0 Å². The SMILES string of the molecule is CCC(NCCCn1nc(C)cc1C)c1cccc(Cl)c1. The van der Waals surface area contributed by atoms with Gasteiger partial charge in [-0.25, -0.2) is 0 Å². The van der Waals surface area contributed by atoms with E-state index in [9.17, 15) is 0 Å². The zero-order chi connectivity index (χ0) is 15.2. The van der Waals surface area contributed by atoms with Crippen LogP contribution in [-0.2, 0) is 6.54 Å². The second kappa shape index (κ2) is 7.62.